The largest absolute Gasteiger partial charge is 0.481 e. The summed E-state index contributed by atoms with van der Waals surface area (Å²) in [5, 5.41) is 18.5. The number of hydrogen-bond acceptors (Lipinski definition) is 2. The minimum atomic E-state index is -0.914. The molecule has 106 valence electrons. The van der Waals surface area contributed by atoms with Crippen molar-refractivity contribution in [2.75, 3.05) is 0 Å². The summed E-state index contributed by atoms with van der Waals surface area (Å²) in [6.45, 7) is 11.4. The van der Waals surface area contributed by atoms with E-state index in [2.05, 4.69) is 0 Å². The van der Waals surface area contributed by atoms with Gasteiger partial charge in [-0.1, -0.05) is 41.5 Å². The van der Waals surface area contributed by atoms with Crippen molar-refractivity contribution >= 4 is 11.9 Å². The highest BCUT2D eigenvalue weighted by Gasteiger charge is 2.36. The molecule has 0 aromatic heterocycles. The molecule has 0 aromatic rings. The van der Waals surface area contributed by atoms with Crippen LogP contribution in [0.3, 0.4) is 0 Å². The van der Waals surface area contributed by atoms with E-state index in [9.17, 15) is 19.8 Å². The average Bonchev–Trinajstić information content (AvgIpc) is 2.06. The Kier molecular flexibility index (Phi) is 5.38. The molecule has 0 aliphatic heterocycles. The number of aliphatic carboxylic acids is 2. The van der Waals surface area contributed by atoms with Gasteiger partial charge in [0.1, 0.15) is 0 Å². The highest BCUT2D eigenvalue weighted by molar-refractivity contribution is 5.74. The second kappa shape index (κ2) is 5.72. The van der Waals surface area contributed by atoms with E-state index in [1.54, 1.807) is 0 Å². The Labute approximate surface area is 109 Å². The van der Waals surface area contributed by atoms with Gasteiger partial charge in [-0.25, -0.2) is 0 Å². The van der Waals surface area contributed by atoms with Crippen LogP contribution >= 0.6 is 0 Å². The maximum atomic E-state index is 11.3. The van der Waals surface area contributed by atoms with Gasteiger partial charge in [0.25, 0.3) is 0 Å². The topological polar surface area (TPSA) is 74.6 Å². The molecule has 0 amide bonds. The van der Waals surface area contributed by atoms with Crippen LogP contribution in [0.1, 0.15) is 54.4 Å². The van der Waals surface area contributed by atoms with Gasteiger partial charge in [0.05, 0.1) is 11.8 Å². The molecule has 0 fully saturated rings. The van der Waals surface area contributed by atoms with Crippen LogP contribution in [-0.2, 0) is 9.59 Å². The molecule has 0 saturated carbocycles. The minimum absolute atomic E-state index is 0.121. The van der Waals surface area contributed by atoms with Gasteiger partial charge in [0, 0.05) is 0 Å². The van der Waals surface area contributed by atoms with E-state index in [-0.39, 0.29) is 11.8 Å². The van der Waals surface area contributed by atoms with Crippen LogP contribution in [0.5, 0.6) is 0 Å². The van der Waals surface area contributed by atoms with Crippen molar-refractivity contribution in [2.45, 2.75) is 54.4 Å². The van der Waals surface area contributed by atoms with Crippen LogP contribution in [0.15, 0.2) is 0 Å². The molecular weight excluding hydrogens is 232 g/mol. The Morgan fingerprint density at radius 3 is 1.61 bits per heavy atom. The summed E-state index contributed by atoms with van der Waals surface area (Å²) in [6, 6.07) is 0. The highest BCUT2D eigenvalue weighted by atomic mass is 16.4. The molecule has 4 heteroatoms. The smallest absolute Gasteiger partial charge is 0.307 e. The summed E-state index contributed by atoms with van der Waals surface area (Å²) < 4.78 is 0. The quantitative estimate of drug-likeness (QED) is 0.793. The first-order chi connectivity index (χ1) is 7.84. The van der Waals surface area contributed by atoms with Gasteiger partial charge >= 0.3 is 11.9 Å². The summed E-state index contributed by atoms with van der Waals surface area (Å²) in [4.78, 5) is 22.5. The lowest BCUT2D eigenvalue weighted by Crippen LogP contribution is -2.33. The van der Waals surface area contributed by atoms with Gasteiger partial charge < -0.3 is 10.2 Å². The third-order valence-electron chi connectivity index (χ3n) is 3.07. The summed E-state index contributed by atoms with van der Waals surface area (Å²) >= 11 is 0. The second-order valence-electron chi connectivity index (χ2n) is 7.29. The van der Waals surface area contributed by atoms with Crippen molar-refractivity contribution < 1.29 is 19.8 Å². The molecule has 4 nitrogen and oxygen atoms in total. The van der Waals surface area contributed by atoms with E-state index in [4.69, 9.17) is 0 Å². The Hall–Kier alpha value is -1.06. The fourth-order valence-electron chi connectivity index (χ4n) is 2.12. The lowest BCUT2D eigenvalue weighted by molar-refractivity contribution is -0.149. The van der Waals surface area contributed by atoms with Gasteiger partial charge in [-0.2, -0.15) is 0 Å². The van der Waals surface area contributed by atoms with Crippen molar-refractivity contribution in [3.05, 3.63) is 0 Å². The summed E-state index contributed by atoms with van der Waals surface area (Å²) in [5.74, 6) is -3.06. The molecule has 0 heterocycles. The molecule has 0 spiro atoms. The van der Waals surface area contributed by atoms with E-state index >= 15 is 0 Å². The van der Waals surface area contributed by atoms with Gasteiger partial charge in [0.2, 0.25) is 0 Å². The predicted molar refractivity (Wildman–Crippen MR) is 70.4 cm³/mol. The first-order valence-corrected chi connectivity index (χ1v) is 6.30. The number of rotatable bonds is 5. The van der Waals surface area contributed by atoms with Crippen LogP contribution in [0.2, 0.25) is 0 Å². The molecule has 0 radical (unpaired) electrons. The number of carboxylic acid groups (broad SMARTS) is 2. The van der Waals surface area contributed by atoms with Gasteiger partial charge in [-0.15, -0.1) is 0 Å². The van der Waals surface area contributed by atoms with Crippen LogP contribution in [0, 0.1) is 22.7 Å². The molecule has 0 saturated heterocycles. The van der Waals surface area contributed by atoms with Crippen molar-refractivity contribution in [1.29, 1.82) is 0 Å². The lowest BCUT2D eigenvalue weighted by Gasteiger charge is -2.31. The molecular formula is C14H26O4. The molecule has 0 rings (SSSR count). The fraction of sp³-hybridized carbons (Fsp3) is 0.857. The van der Waals surface area contributed by atoms with Gasteiger partial charge in [-0.3, -0.25) is 9.59 Å². The maximum absolute atomic E-state index is 11.3. The molecule has 2 N–H and O–H groups in total. The van der Waals surface area contributed by atoms with Gasteiger partial charge in [-0.05, 0) is 23.7 Å². The fourth-order valence-corrected chi connectivity index (χ4v) is 2.12. The van der Waals surface area contributed by atoms with Crippen LogP contribution in [-0.4, -0.2) is 22.2 Å². The molecule has 18 heavy (non-hydrogen) atoms. The highest BCUT2D eigenvalue weighted by Crippen LogP contribution is 2.35. The first kappa shape index (κ1) is 16.9. The summed E-state index contributed by atoms with van der Waals surface area (Å²) in [6.07, 6.45) is 0.674. The molecule has 0 aromatic carbocycles. The SMILES string of the molecule is CC(C)(C)CC(CC(C(=O)O)C(C)(C)C)C(=O)O. The van der Waals surface area contributed by atoms with Crippen LogP contribution in [0.25, 0.3) is 0 Å². The van der Waals surface area contributed by atoms with Crippen molar-refractivity contribution in [2.24, 2.45) is 22.7 Å². The summed E-state index contributed by atoms with van der Waals surface area (Å²) in [7, 11) is 0. The maximum Gasteiger partial charge on any atom is 0.307 e. The first-order valence-electron chi connectivity index (χ1n) is 6.30. The predicted octanol–water partition coefficient (Wildman–Crippen LogP) is 3.26. The Balaban J connectivity index is 4.96. The van der Waals surface area contributed by atoms with E-state index < -0.39 is 29.2 Å². The third-order valence-corrected chi connectivity index (χ3v) is 3.07. The zero-order valence-electron chi connectivity index (χ0n) is 12.3. The zero-order chi connectivity index (χ0) is 14.7. The minimum Gasteiger partial charge on any atom is -0.481 e. The van der Waals surface area contributed by atoms with Crippen LogP contribution < -0.4 is 0 Å². The second-order valence-corrected chi connectivity index (χ2v) is 7.29. The normalized spacial score (nSPS) is 16.1. The van der Waals surface area contributed by atoms with Crippen molar-refractivity contribution in [1.82, 2.24) is 0 Å². The van der Waals surface area contributed by atoms with E-state index in [1.165, 1.54) is 0 Å². The average molecular weight is 258 g/mol. The molecule has 0 aliphatic carbocycles. The van der Waals surface area contributed by atoms with E-state index in [0.29, 0.717) is 6.42 Å². The Bertz CT molecular complexity index is 307. The molecule has 0 aliphatic rings. The lowest BCUT2D eigenvalue weighted by atomic mass is 9.73. The van der Waals surface area contributed by atoms with E-state index in [1.807, 2.05) is 41.5 Å². The monoisotopic (exact) mass is 258 g/mol. The molecule has 2 atom stereocenters. The van der Waals surface area contributed by atoms with Gasteiger partial charge in [0.15, 0.2) is 0 Å². The third kappa shape index (κ3) is 6.03. The van der Waals surface area contributed by atoms with Crippen LogP contribution in [0.4, 0.5) is 0 Å². The number of carboxylic acids is 2. The number of hydrogen-bond donors (Lipinski definition) is 2. The Morgan fingerprint density at radius 2 is 1.39 bits per heavy atom. The zero-order valence-corrected chi connectivity index (χ0v) is 12.3. The number of carbonyl (C=O) groups is 2. The van der Waals surface area contributed by atoms with Crippen molar-refractivity contribution in [3.8, 4) is 0 Å². The Morgan fingerprint density at radius 1 is 0.944 bits per heavy atom. The van der Waals surface area contributed by atoms with E-state index in [0.717, 1.165) is 0 Å². The molecule has 2 unspecified atom stereocenters. The van der Waals surface area contributed by atoms with Crippen molar-refractivity contribution in [3.63, 3.8) is 0 Å². The molecule has 0 bridgehead atoms. The summed E-state index contributed by atoms with van der Waals surface area (Å²) in [5.41, 5.74) is -0.554. The standard InChI is InChI=1S/C14H26O4/c1-13(2,3)8-9(11(15)16)7-10(12(17)18)14(4,5)6/h9-10H,7-8H2,1-6H3,(H,15,16)(H,17,18).